The number of amides is 1. The Bertz CT molecular complexity index is 640. The predicted molar refractivity (Wildman–Crippen MR) is 94.1 cm³/mol. The van der Waals surface area contributed by atoms with Gasteiger partial charge in [-0.25, -0.2) is 0 Å². The maximum absolute atomic E-state index is 12.2. The van der Waals surface area contributed by atoms with E-state index in [4.69, 9.17) is 4.74 Å². The Morgan fingerprint density at radius 2 is 1.96 bits per heavy atom. The fraction of sp³-hybridized carbons (Fsp3) is 0.765. The fourth-order valence-electron chi connectivity index (χ4n) is 3.65. The third-order valence-electron chi connectivity index (χ3n) is 5.36. The average molecular weight is 364 g/mol. The van der Waals surface area contributed by atoms with Gasteiger partial charge in [0.25, 0.3) is 0 Å². The van der Waals surface area contributed by atoms with Crippen molar-refractivity contribution in [1.82, 2.24) is 30.3 Å². The normalized spacial score (nSPS) is 22.2. The van der Waals surface area contributed by atoms with E-state index in [1.807, 2.05) is 16.5 Å². The van der Waals surface area contributed by atoms with Crippen molar-refractivity contribution in [3.8, 4) is 0 Å². The molecule has 2 aliphatic rings. The zero-order chi connectivity index (χ0) is 18.5. The number of rotatable bonds is 6. The molecular weight excluding hydrogens is 336 g/mol. The summed E-state index contributed by atoms with van der Waals surface area (Å²) in [6.45, 7) is 3.85. The lowest BCUT2D eigenvalue weighted by Gasteiger charge is -2.33. The molecule has 0 aromatic carbocycles. The number of hydrogen-bond acceptors (Lipinski definition) is 7. The molecule has 1 aromatic heterocycles. The van der Waals surface area contributed by atoms with E-state index in [0.717, 1.165) is 44.0 Å². The highest BCUT2D eigenvalue weighted by Crippen LogP contribution is 2.18. The Kier molecular flexibility index (Phi) is 6.20. The van der Waals surface area contributed by atoms with Crippen molar-refractivity contribution in [2.75, 3.05) is 33.3 Å². The topological polar surface area (TPSA) is 101 Å². The van der Waals surface area contributed by atoms with E-state index in [2.05, 4.69) is 20.8 Å². The molecule has 0 radical (unpaired) electrons. The molecule has 0 saturated carbocycles. The summed E-state index contributed by atoms with van der Waals surface area (Å²) in [4.78, 5) is 25.8. The maximum atomic E-state index is 12.2. The molecule has 3 heterocycles. The van der Waals surface area contributed by atoms with Crippen LogP contribution in [0, 0.1) is 5.92 Å². The molecule has 26 heavy (non-hydrogen) atoms. The molecule has 9 nitrogen and oxygen atoms in total. The largest absolute Gasteiger partial charge is 0.469 e. The lowest BCUT2D eigenvalue weighted by Crippen LogP contribution is -2.55. The van der Waals surface area contributed by atoms with Gasteiger partial charge in [-0.2, -0.15) is 0 Å². The van der Waals surface area contributed by atoms with E-state index >= 15 is 0 Å². The summed E-state index contributed by atoms with van der Waals surface area (Å²) in [6.07, 6.45) is 3.30. The summed E-state index contributed by atoms with van der Waals surface area (Å²) in [5.41, 5.74) is 0. The van der Waals surface area contributed by atoms with Crippen LogP contribution in [0.4, 0.5) is 0 Å². The van der Waals surface area contributed by atoms with Crippen LogP contribution in [0.3, 0.4) is 0 Å². The van der Waals surface area contributed by atoms with Gasteiger partial charge in [0.15, 0.2) is 0 Å². The Hall–Kier alpha value is -2.00. The number of esters is 1. The summed E-state index contributed by atoms with van der Waals surface area (Å²) in [5.74, 6) is 1.91. The number of carbonyl (C=O) groups excluding carboxylic acids is 2. The van der Waals surface area contributed by atoms with Gasteiger partial charge < -0.3 is 19.9 Å². The number of methoxy groups -OCH3 is 1. The fourth-order valence-corrected chi connectivity index (χ4v) is 3.65. The van der Waals surface area contributed by atoms with Crippen molar-refractivity contribution in [2.24, 2.45) is 13.0 Å². The van der Waals surface area contributed by atoms with Crippen LogP contribution in [-0.4, -0.2) is 70.9 Å². The van der Waals surface area contributed by atoms with E-state index < -0.39 is 6.04 Å². The quantitative estimate of drug-likeness (QED) is 0.639. The summed E-state index contributed by atoms with van der Waals surface area (Å²) >= 11 is 0. The molecule has 9 heteroatoms. The number of piperidine rings is 1. The van der Waals surface area contributed by atoms with Crippen molar-refractivity contribution in [3.05, 3.63) is 11.6 Å². The van der Waals surface area contributed by atoms with Crippen LogP contribution in [0.2, 0.25) is 0 Å². The van der Waals surface area contributed by atoms with E-state index in [-0.39, 0.29) is 18.3 Å². The SMILES string of the molecule is COC(=O)CC1C(=O)NCCN1Cc1nnc(CC2CCNCC2)n1C. The van der Waals surface area contributed by atoms with E-state index in [0.29, 0.717) is 25.6 Å². The summed E-state index contributed by atoms with van der Waals surface area (Å²) < 4.78 is 6.76. The monoisotopic (exact) mass is 364 g/mol. The molecule has 1 unspecified atom stereocenters. The van der Waals surface area contributed by atoms with Crippen LogP contribution >= 0.6 is 0 Å². The second kappa shape index (κ2) is 8.59. The van der Waals surface area contributed by atoms with Gasteiger partial charge >= 0.3 is 5.97 Å². The number of carbonyl (C=O) groups is 2. The van der Waals surface area contributed by atoms with Gasteiger partial charge in [-0.1, -0.05) is 0 Å². The second-order valence-corrected chi connectivity index (χ2v) is 7.05. The lowest BCUT2D eigenvalue weighted by atomic mass is 9.94. The highest BCUT2D eigenvalue weighted by molar-refractivity contribution is 5.87. The molecule has 2 N–H and O–H groups in total. The number of ether oxygens (including phenoxy) is 1. The van der Waals surface area contributed by atoms with Gasteiger partial charge in [-0.3, -0.25) is 14.5 Å². The van der Waals surface area contributed by atoms with Crippen molar-refractivity contribution in [2.45, 2.75) is 38.3 Å². The average Bonchev–Trinajstić information content (AvgIpc) is 2.98. The summed E-state index contributed by atoms with van der Waals surface area (Å²) in [7, 11) is 3.31. The van der Waals surface area contributed by atoms with E-state index in [1.165, 1.54) is 7.11 Å². The van der Waals surface area contributed by atoms with Crippen molar-refractivity contribution >= 4 is 11.9 Å². The summed E-state index contributed by atoms with van der Waals surface area (Å²) in [6, 6.07) is -0.527. The molecule has 2 aliphatic heterocycles. The van der Waals surface area contributed by atoms with Crippen LogP contribution in [0.15, 0.2) is 0 Å². The van der Waals surface area contributed by atoms with Crippen molar-refractivity contribution < 1.29 is 14.3 Å². The highest BCUT2D eigenvalue weighted by atomic mass is 16.5. The Morgan fingerprint density at radius 1 is 1.23 bits per heavy atom. The smallest absolute Gasteiger partial charge is 0.307 e. The van der Waals surface area contributed by atoms with Crippen LogP contribution in [0.25, 0.3) is 0 Å². The first-order valence-electron chi connectivity index (χ1n) is 9.25. The molecule has 144 valence electrons. The first-order chi connectivity index (χ1) is 12.6. The third-order valence-corrected chi connectivity index (χ3v) is 5.36. The minimum Gasteiger partial charge on any atom is -0.469 e. The molecule has 0 aliphatic carbocycles. The standard InChI is InChI=1S/C17H28N6O3/c1-22-14(9-12-3-5-18-6-4-12)20-21-15(22)11-23-8-7-19-17(25)13(23)10-16(24)26-2/h12-13,18H,3-11H2,1-2H3,(H,19,25). The zero-order valence-corrected chi connectivity index (χ0v) is 15.5. The van der Waals surface area contributed by atoms with Gasteiger partial charge in [0, 0.05) is 26.6 Å². The predicted octanol–water partition coefficient (Wildman–Crippen LogP) is -0.779. The number of nitrogens with one attached hydrogen (secondary N) is 2. The van der Waals surface area contributed by atoms with Gasteiger partial charge in [0.05, 0.1) is 20.1 Å². The zero-order valence-electron chi connectivity index (χ0n) is 15.5. The third kappa shape index (κ3) is 4.39. The van der Waals surface area contributed by atoms with Crippen molar-refractivity contribution in [3.63, 3.8) is 0 Å². The van der Waals surface area contributed by atoms with Crippen LogP contribution < -0.4 is 10.6 Å². The molecular formula is C17H28N6O3. The Balaban J connectivity index is 1.66. The molecule has 1 atom stereocenters. The van der Waals surface area contributed by atoms with Gasteiger partial charge in [-0.15, -0.1) is 10.2 Å². The molecule has 2 saturated heterocycles. The van der Waals surface area contributed by atoms with Crippen LogP contribution in [0.1, 0.15) is 30.9 Å². The van der Waals surface area contributed by atoms with Crippen molar-refractivity contribution in [1.29, 1.82) is 0 Å². The minimum absolute atomic E-state index is 0.0438. The molecule has 1 aromatic rings. The van der Waals surface area contributed by atoms with Gasteiger partial charge in [-0.05, 0) is 31.8 Å². The number of aromatic nitrogens is 3. The first-order valence-corrected chi connectivity index (χ1v) is 9.25. The number of piperazine rings is 1. The molecule has 3 rings (SSSR count). The molecule has 2 fully saturated rings. The van der Waals surface area contributed by atoms with Gasteiger partial charge in [0.1, 0.15) is 17.7 Å². The van der Waals surface area contributed by atoms with E-state index in [1.54, 1.807) is 0 Å². The maximum Gasteiger partial charge on any atom is 0.307 e. The lowest BCUT2D eigenvalue weighted by molar-refractivity contribution is -0.146. The first kappa shape index (κ1) is 18.8. The van der Waals surface area contributed by atoms with Crippen LogP contribution in [0.5, 0.6) is 0 Å². The Labute approximate surface area is 153 Å². The summed E-state index contributed by atoms with van der Waals surface area (Å²) in [5, 5.41) is 14.9. The number of nitrogens with zero attached hydrogens (tertiary/aromatic N) is 4. The van der Waals surface area contributed by atoms with E-state index in [9.17, 15) is 9.59 Å². The minimum atomic E-state index is -0.527. The van der Waals surface area contributed by atoms with Crippen LogP contribution in [-0.2, 0) is 34.3 Å². The number of hydrogen-bond donors (Lipinski definition) is 2. The molecule has 0 bridgehead atoms. The van der Waals surface area contributed by atoms with Gasteiger partial charge in [0.2, 0.25) is 5.91 Å². The Morgan fingerprint density at radius 3 is 2.69 bits per heavy atom. The molecule has 1 amide bonds. The highest BCUT2D eigenvalue weighted by Gasteiger charge is 2.33. The second-order valence-electron chi connectivity index (χ2n) is 7.05. The molecule has 0 spiro atoms.